The third-order valence-corrected chi connectivity index (χ3v) is 2.93. The Kier molecular flexibility index (Phi) is 3.28. The Labute approximate surface area is 115 Å². The normalized spacial score (nSPS) is 13.8. The Balaban J connectivity index is 1.73. The second kappa shape index (κ2) is 5.24. The van der Waals surface area contributed by atoms with Crippen LogP contribution in [0.4, 0.5) is 15.9 Å². The van der Waals surface area contributed by atoms with Crippen molar-refractivity contribution in [3.05, 3.63) is 48.2 Å². The molecule has 3 rings (SSSR count). The maximum absolute atomic E-state index is 12.8. The largest absolute Gasteiger partial charge is 0.348 e. The van der Waals surface area contributed by atoms with Gasteiger partial charge in [0.25, 0.3) is 5.91 Å². The fourth-order valence-corrected chi connectivity index (χ4v) is 1.72. The zero-order valence-electron chi connectivity index (χ0n) is 10.6. The average molecular weight is 272 g/mol. The zero-order valence-corrected chi connectivity index (χ0v) is 10.6. The molecule has 0 saturated heterocycles. The van der Waals surface area contributed by atoms with Gasteiger partial charge in [-0.3, -0.25) is 4.79 Å². The summed E-state index contributed by atoms with van der Waals surface area (Å²) in [5, 5.41) is 5.86. The minimum atomic E-state index is -0.303. The van der Waals surface area contributed by atoms with Crippen LogP contribution in [0.2, 0.25) is 0 Å². The predicted molar refractivity (Wildman–Crippen MR) is 72.2 cm³/mol. The van der Waals surface area contributed by atoms with E-state index in [1.165, 1.54) is 18.5 Å². The second-order valence-electron chi connectivity index (χ2n) is 4.67. The van der Waals surface area contributed by atoms with E-state index in [2.05, 4.69) is 20.6 Å². The van der Waals surface area contributed by atoms with E-state index in [0.29, 0.717) is 17.2 Å². The number of nitrogens with zero attached hydrogens (tertiary/aromatic N) is 2. The number of hydrogen-bond acceptors (Lipinski definition) is 4. The number of carbonyl (C=O) groups excluding carboxylic acids is 1. The smallest absolute Gasteiger partial charge is 0.270 e. The number of nitrogens with one attached hydrogen (secondary N) is 2. The number of carbonyl (C=O) groups is 1. The SMILES string of the molecule is O=C(NC1CC1)c1cc(Nc2ccc(F)cc2)ncn1. The molecule has 1 aliphatic carbocycles. The Morgan fingerprint density at radius 3 is 2.65 bits per heavy atom. The van der Waals surface area contributed by atoms with Gasteiger partial charge in [-0.15, -0.1) is 0 Å². The van der Waals surface area contributed by atoms with Gasteiger partial charge in [-0.25, -0.2) is 14.4 Å². The lowest BCUT2D eigenvalue weighted by atomic mass is 10.3. The number of anilines is 2. The van der Waals surface area contributed by atoms with E-state index in [0.717, 1.165) is 12.8 Å². The summed E-state index contributed by atoms with van der Waals surface area (Å²) in [5.74, 6) is -0.00708. The molecule has 1 aromatic carbocycles. The maximum Gasteiger partial charge on any atom is 0.270 e. The molecule has 0 radical (unpaired) electrons. The first-order chi connectivity index (χ1) is 9.70. The molecular formula is C14H13FN4O. The topological polar surface area (TPSA) is 66.9 Å². The molecule has 2 N–H and O–H groups in total. The van der Waals surface area contributed by atoms with Crippen LogP contribution in [0, 0.1) is 5.82 Å². The zero-order chi connectivity index (χ0) is 13.9. The first-order valence-electron chi connectivity index (χ1n) is 6.36. The summed E-state index contributed by atoms with van der Waals surface area (Å²) < 4.78 is 12.8. The van der Waals surface area contributed by atoms with Gasteiger partial charge in [0.1, 0.15) is 23.7 Å². The summed E-state index contributed by atoms with van der Waals surface area (Å²) in [5.41, 5.74) is 1.01. The molecule has 2 aromatic rings. The Morgan fingerprint density at radius 1 is 1.20 bits per heavy atom. The van der Waals surface area contributed by atoms with Gasteiger partial charge in [0.2, 0.25) is 0 Å². The maximum atomic E-state index is 12.8. The Bertz CT molecular complexity index is 625. The Hall–Kier alpha value is -2.50. The lowest BCUT2D eigenvalue weighted by Gasteiger charge is -2.07. The molecule has 20 heavy (non-hydrogen) atoms. The number of benzene rings is 1. The highest BCUT2D eigenvalue weighted by atomic mass is 19.1. The van der Waals surface area contributed by atoms with E-state index in [-0.39, 0.29) is 17.8 Å². The van der Waals surface area contributed by atoms with Crippen LogP contribution in [-0.4, -0.2) is 21.9 Å². The highest BCUT2D eigenvalue weighted by Crippen LogP contribution is 2.19. The van der Waals surface area contributed by atoms with Crippen molar-refractivity contribution in [1.29, 1.82) is 0 Å². The van der Waals surface area contributed by atoms with Crippen molar-refractivity contribution in [3.63, 3.8) is 0 Å². The third-order valence-electron chi connectivity index (χ3n) is 2.93. The minimum absolute atomic E-state index is 0.197. The molecule has 1 amide bonds. The van der Waals surface area contributed by atoms with Crippen molar-refractivity contribution in [2.24, 2.45) is 0 Å². The first-order valence-corrected chi connectivity index (χ1v) is 6.36. The van der Waals surface area contributed by atoms with Crippen LogP contribution in [0.15, 0.2) is 36.7 Å². The van der Waals surface area contributed by atoms with Gasteiger partial charge in [-0.05, 0) is 37.1 Å². The van der Waals surface area contributed by atoms with E-state index in [1.54, 1.807) is 18.2 Å². The fourth-order valence-electron chi connectivity index (χ4n) is 1.72. The summed E-state index contributed by atoms with van der Waals surface area (Å²) in [6, 6.07) is 7.75. The third kappa shape index (κ3) is 3.09. The predicted octanol–water partition coefficient (Wildman–Crippen LogP) is 2.25. The summed E-state index contributed by atoms with van der Waals surface area (Å²) in [6.07, 6.45) is 3.38. The van der Waals surface area contributed by atoms with Crippen molar-refractivity contribution >= 4 is 17.4 Å². The second-order valence-corrected chi connectivity index (χ2v) is 4.67. The van der Waals surface area contributed by atoms with Crippen molar-refractivity contribution in [2.45, 2.75) is 18.9 Å². The molecule has 0 aliphatic heterocycles. The molecule has 1 heterocycles. The highest BCUT2D eigenvalue weighted by molar-refractivity contribution is 5.93. The molecule has 0 atom stereocenters. The standard InChI is InChI=1S/C14H13FN4O/c15-9-1-3-10(4-2-9)18-13-7-12(16-8-17-13)14(20)19-11-5-6-11/h1-4,7-8,11H,5-6H2,(H,19,20)(H,16,17,18). The van der Waals surface area contributed by atoms with Gasteiger partial charge in [0.05, 0.1) is 0 Å². The van der Waals surface area contributed by atoms with Gasteiger partial charge in [0, 0.05) is 17.8 Å². The van der Waals surface area contributed by atoms with E-state index in [9.17, 15) is 9.18 Å². The van der Waals surface area contributed by atoms with Crippen molar-refractivity contribution in [3.8, 4) is 0 Å². The van der Waals surface area contributed by atoms with E-state index in [4.69, 9.17) is 0 Å². The first kappa shape index (κ1) is 12.5. The molecule has 6 heteroatoms. The van der Waals surface area contributed by atoms with Crippen LogP contribution in [0.1, 0.15) is 23.3 Å². The molecule has 1 saturated carbocycles. The van der Waals surface area contributed by atoms with Gasteiger partial charge in [0.15, 0.2) is 0 Å². The van der Waals surface area contributed by atoms with E-state index >= 15 is 0 Å². The summed E-state index contributed by atoms with van der Waals surface area (Å²) >= 11 is 0. The molecule has 1 aliphatic rings. The van der Waals surface area contributed by atoms with Crippen LogP contribution in [0.25, 0.3) is 0 Å². The highest BCUT2D eigenvalue weighted by Gasteiger charge is 2.24. The van der Waals surface area contributed by atoms with Crippen LogP contribution >= 0.6 is 0 Å². The number of amides is 1. The number of halogens is 1. The number of rotatable bonds is 4. The van der Waals surface area contributed by atoms with Gasteiger partial charge < -0.3 is 10.6 Å². The molecule has 0 spiro atoms. The monoisotopic (exact) mass is 272 g/mol. The van der Waals surface area contributed by atoms with Crippen LogP contribution in [0.5, 0.6) is 0 Å². The molecule has 1 aromatic heterocycles. The molecule has 0 unspecified atom stereocenters. The molecule has 1 fully saturated rings. The Morgan fingerprint density at radius 2 is 1.95 bits per heavy atom. The lowest BCUT2D eigenvalue weighted by molar-refractivity contribution is 0.0946. The number of hydrogen-bond donors (Lipinski definition) is 2. The number of aromatic nitrogens is 2. The molecule has 102 valence electrons. The van der Waals surface area contributed by atoms with Crippen LogP contribution < -0.4 is 10.6 Å². The summed E-state index contributed by atoms with van der Waals surface area (Å²) in [6.45, 7) is 0. The van der Waals surface area contributed by atoms with E-state index in [1.807, 2.05) is 0 Å². The summed E-state index contributed by atoms with van der Waals surface area (Å²) in [7, 11) is 0. The van der Waals surface area contributed by atoms with Crippen LogP contribution in [0.3, 0.4) is 0 Å². The molecule has 5 nitrogen and oxygen atoms in total. The van der Waals surface area contributed by atoms with E-state index < -0.39 is 0 Å². The van der Waals surface area contributed by atoms with Gasteiger partial charge in [-0.2, -0.15) is 0 Å². The average Bonchev–Trinajstić information content (AvgIpc) is 3.26. The van der Waals surface area contributed by atoms with Crippen LogP contribution in [-0.2, 0) is 0 Å². The van der Waals surface area contributed by atoms with Crippen molar-refractivity contribution < 1.29 is 9.18 Å². The summed E-state index contributed by atoms with van der Waals surface area (Å²) in [4.78, 5) is 19.9. The van der Waals surface area contributed by atoms with Crippen molar-refractivity contribution in [1.82, 2.24) is 15.3 Å². The lowest BCUT2D eigenvalue weighted by Crippen LogP contribution is -2.26. The fraction of sp³-hybridized carbons (Fsp3) is 0.214. The quantitative estimate of drug-likeness (QED) is 0.895. The van der Waals surface area contributed by atoms with Gasteiger partial charge >= 0.3 is 0 Å². The molecular weight excluding hydrogens is 259 g/mol. The van der Waals surface area contributed by atoms with Gasteiger partial charge in [-0.1, -0.05) is 0 Å². The van der Waals surface area contributed by atoms with Crippen molar-refractivity contribution in [2.75, 3.05) is 5.32 Å². The molecule has 0 bridgehead atoms. The minimum Gasteiger partial charge on any atom is -0.348 e.